The molecule has 0 aliphatic heterocycles. The number of rotatable bonds is 3. The fraction of sp³-hybridized carbons (Fsp3) is 0.583. The minimum absolute atomic E-state index is 0.112. The summed E-state index contributed by atoms with van der Waals surface area (Å²) < 4.78 is 1.96. The van der Waals surface area contributed by atoms with Gasteiger partial charge in [0.05, 0.1) is 5.56 Å². The molecule has 76 valence electrons. The molecule has 0 amide bonds. The molecule has 0 atom stereocenters. The van der Waals surface area contributed by atoms with Crippen LogP contribution in [0.5, 0.6) is 0 Å². The Morgan fingerprint density at radius 1 is 1.43 bits per heavy atom. The van der Waals surface area contributed by atoms with Crippen LogP contribution in [0.2, 0.25) is 0 Å². The maximum atomic E-state index is 9.00. The van der Waals surface area contributed by atoms with Gasteiger partial charge < -0.3 is 4.57 Å². The van der Waals surface area contributed by atoms with Gasteiger partial charge in [-0.15, -0.1) is 0 Å². The highest BCUT2D eigenvalue weighted by Crippen LogP contribution is 2.31. The Hall–Kier alpha value is -1.23. The smallest absolute Gasteiger partial charge is 0.101 e. The summed E-state index contributed by atoms with van der Waals surface area (Å²) >= 11 is 0. The molecule has 0 aliphatic carbocycles. The molecular weight excluding hydrogens is 172 g/mol. The average Bonchev–Trinajstić information content (AvgIpc) is 2.47. The van der Waals surface area contributed by atoms with Crippen molar-refractivity contribution in [2.75, 3.05) is 0 Å². The Morgan fingerprint density at radius 3 is 2.57 bits per heavy atom. The summed E-state index contributed by atoms with van der Waals surface area (Å²) in [5, 5.41) is 9.00. The zero-order chi connectivity index (χ0) is 10.8. The van der Waals surface area contributed by atoms with Gasteiger partial charge in [0.25, 0.3) is 0 Å². The van der Waals surface area contributed by atoms with Gasteiger partial charge in [0.2, 0.25) is 0 Å². The third-order valence-electron chi connectivity index (χ3n) is 2.68. The Morgan fingerprint density at radius 2 is 2.07 bits per heavy atom. The van der Waals surface area contributed by atoms with Gasteiger partial charge in [-0.25, -0.2) is 0 Å². The molecule has 1 aromatic heterocycles. The van der Waals surface area contributed by atoms with Gasteiger partial charge >= 0.3 is 0 Å². The molecule has 1 aromatic rings. The summed E-state index contributed by atoms with van der Waals surface area (Å²) in [5.74, 6) is 0. The van der Waals surface area contributed by atoms with Crippen LogP contribution in [-0.2, 0) is 12.5 Å². The van der Waals surface area contributed by atoms with E-state index in [1.165, 1.54) is 5.56 Å². The molecule has 0 unspecified atom stereocenters. The molecule has 1 heterocycles. The maximum absolute atomic E-state index is 9.00. The van der Waals surface area contributed by atoms with E-state index in [-0.39, 0.29) is 5.41 Å². The number of hydrogen-bond acceptors (Lipinski definition) is 1. The van der Waals surface area contributed by atoms with Crippen molar-refractivity contribution in [2.45, 2.75) is 39.0 Å². The van der Waals surface area contributed by atoms with E-state index in [0.717, 1.165) is 18.4 Å². The first kappa shape index (κ1) is 10.8. The Balaban J connectivity index is 3.11. The predicted molar refractivity (Wildman–Crippen MR) is 58.1 cm³/mol. The second-order valence-corrected chi connectivity index (χ2v) is 4.50. The molecule has 1 rings (SSSR count). The van der Waals surface area contributed by atoms with Crippen LogP contribution in [-0.4, -0.2) is 4.57 Å². The summed E-state index contributed by atoms with van der Waals surface area (Å²) in [7, 11) is 1.96. The van der Waals surface area contributed by atoms with E-state index in [1.54, 1.807) is 0 Å². The highest BCUT2D eigenvalue weighted by atomic mass is 14.9. The highest BCUT2D eigenvalue weighted by molar-refractivity contribution is 5.40. The second kappa shape index (κ2) is 3.88. The first-order valence-electron chi connectivity index (χ1n) is 5.08. The molecule has 0 aliphatic rings. The van der Waals surface area contributed by atoms with Gasteiger partial charge in [0, 0.05) is 19.4 Å². The van der Waals surface area contributed by atoms with Crippen molar-refractivity contribution in [1.82, 2.24) is 4.57 Å². The van der Waals surface area contributed by atoms with Crippen molar-refractivity contribution in [2.24, 2.45) is 7.05 Å². The van der Waals surface area contributed by atoms with Gasteiger partial charge in [-0.3, -0.25) is 0 Å². The van der Waals surface area contributed by atoms with Crippen LogP contribution in [0.25, 0.3) is 0 Å². The van der Waals surface area contributed by atoms with E-state index >= 15 is 0 Å². The molecular formula is C12H18N2. The quantitative estimate of drug-likeness (QED) is 0.720. The molecule has 0 spiro atoms. The lowest BCUT2D eigenvalue weighted by atomic mass is 9.80. The fourth-order valence-corrected chi connectivity index (χ4v) is 1.97. The molecule has 0 N–H and O–H groups in total. The Bertz CT molecular complexity index is 353. The summed E-state index contributed by atoms with van der Waals surface area (Å²) in [6.07, 6.45) is 6.22. The minimum Gasteiger partial charge on any atom is -0.356 e. The minimum atomic E-state index is 0.112. The molecule has 0 aromatic carbocycles. The van der Waals surface area contributed by atoms with Crippen molar-refractivity contribution in [3.8, 4) is 6.07 Å². The van der Waals surface area contributed by atoms with E-state index in [4.69, 9.17) is 5.26 Å². The van der Waals surface area contributed by atoms with Crippen molar-refractivity contribution >= 4 is 0 Å². The zero-order valence-corrected chi connectivity index (χ0v) is 9.46. The van der Waals surface area contributed by atoms with E-state index in [0.29, 0.717) is 0 Å². The zero-order valence-electron chi connectivity index (χ0n) is 9.46. The van der Waals surface area contributed by atoms with Crippen LogP contribution in [0.15, 0.2) is 12.4 Å². The van der Waals surface area contributed by atoms with Gasteiger partial charge in [-0.1, -0.05) is 27.2 Å². The van der Waals surface area contributed by atoms with Crippen molar-refractivity contribution in [3.05, 3.63) is 23.5 Å². The van der Waals surface area contributed by atoms with Crippen molar-refractivity contribution < 1.29 is 0 Å². The molecule has 0 saturated carbocycles. The lowest BCUT2D eigenvalue weighted by Gasteiger charge is -2.23. The SMILES string of the molecule is CCCC(C)(C)c1cn(C)cc1C#N. The highest BCUT2D eigenvalue weighted by Gasteiger charge is 2.23. The van der Waals surface area contributed by atoms with Crippen LogP contribution in [0.1, 0.15) is 44.7 Å². The Labute approximate surface area is 86.2 Å². The largest absolute Gasteiger partial charge is 0.356 e. The number of aromatic nitrogens is 1. The van der Waals surface area contributed by atoms with Crippen LogP contribution in [0.4, 0.5) is 0 Å². The van der Waals surface area contributed by atoms with Gasteiger partial charge in [-0.2, -0.15) is 5.26 Å². The maximum Gasteiger partial charge on any atom is 0.101 e. The van der Waals surface area contributed by atoms with E-state index in [1.807, 2.05) is 17.8 Å². The molecule has 0 radical (unpaired) electrons. The van der Waals surface area contributed by atoms with Crippen LogP contribution < -0.4 is 0 Å². The number of nitriles is 1. The number of hydrogen-bond donors (Lipinski definition) is 0. The Kier molecular flexibility index (Phi) is 3.00. The van der Waals surface area contributed by atoms with E-state index in [2.05, 4.69) is 33.0 Å². The van der Waals surface area contributed by atoms with Crippen LogP contribution in [0, 0.1) is 11.3 Å². The standard InChI is InChI=1S/C12H18N2/c1-5-6-12(2,3)11-9-14(4)8-10(11)7-13/h8-9H,5-6H2,1-4H3. The van der Waals surface area contributed by atoms with E-state index < -0.39 is 0 Å². The lowest BCUT2D eigenvalue weighted by Crippen LogP contribution is -2.17. The van der Waals surface area contributed by atoms with Gasteiger partial charge in [-0.05, 0) is 17.4 Å². The van der Waals surface area contributed by atoms with Crippen molar-refractivity contribution in [3.63, 3.8) is 0 Å². The topological polar surface area (TPSA) is 28.7 Å². The third kappa shape index (κ3) is 1.98. The molecule has 0 saturated heterocycles. The molecule has 2 heteroatoms. The number of aryl methyl sites for hydroxylation is 1. The van der Waals surface area contributed by atoms with Crippen LogP contribution in [0.3, 0.4) is 0 Å². The molecule has 0 bridgehead atoms. The summed E-state index contributed by atoms with van der Waals surface area (Å²) in [6.45, 7) is 6.58. The first-order chi connectivity index (χ1) is 6.51. The summed E-state index contributed by atoms with van der Waals surface area (Å²) in [4.78, 5) is 0. The fourth-order valence-electron chi connectivity index (χ4n) is 1.97. The van der Waals surface area contributed by atoms with Crippen molar-refractivity contribution in [1.29, 1.82) is 5.26 Å². The van der Waals surface area contributed by atoms with Gasteiger partial charge in [0.15, 0.2) is 0 Å². The summed E-state index contributed by atoms with van der Waals surface area (Å²) in [5.41, 5.74) is 2.09. The number of nitrogens with zero attached hydrogens (tertiary/aromatic N) is 2. The normalized spacial score (nSPS) is 11.4. The van der Waals surface area contributed by atoms with E-state index in [9.17, 15) is 0 Å². The van der Waals surface area contributed by atoms with Gasteiger partial charge in [0.1, 0.15) is 6.07 Å². The second-order valence-electron chi connectivity index (χ2n) is 4.50. The third-order valence-corrected chi connectivity index (χ3v) is 2.68. The molecule has 2 nitrogen and oxygen atoms in total. The monoisotopic (exact) mass is 190 g/mol. The first-order valence-corrected chi connectivity index (χ1v) is 5.08. The molecule has 0 fully saturated rings. The lowest BCUT2D eigenvalue weighted by molar-refractivity contribution is 0.472. The van der Waals surface area contributed by atoms with Crippen LogP contribution >= 0.6 is 0 Å². The predicted octanol–water partition coefficient (Wildman–Crippen LogP) is 2.97. The summed E-state index contributed by atoms with van der Waals surface area (Å²) in [6, 6.07) is 2.26. The average molecular weight is 190 g/mol. The molecule has 14 heavy (non-hydrogen) atoms.